The molecule has 0 saturated heterocycles. The summed E-state index contributed by atoms with van der Waals surface area (Å²) in [6, 6.07) is 11.1. The van der Waals surface area contributed by atoms with E-state index in [0.717, 1.165) is 12.8 Å². The van der Waals surface area contributed by atoms with Gasteiger partial charge >= 0.3 is 0 Å². The molecule has 0 radical (unpaired) electrons. The molecule has 1 saturated carbocycles. The fraction of sp³-hybridized carbons (Fsp3) is 0.263. The molecule has 1 N–H and O–H groups in total. The number of nitrogens with one attached hydrogen (secondary N) is 1. The molecular formula is C19H18ClN5O3S. The molecule has 4 rings (SSSR count). The van der Waals surface area contributed by atoms with Crippen LogP contribution in [0.1, 0.15) is 36.0 Å². The van der Waals surface area contributed by atoms with E-state index in [2.05, 4.69) is 20.8 Å². The normalized spacial score (nSPS) is 14.8. The molecule has 29 heavy (non-hydrogen) atoms. The molecule has 0 unspecified atom stereocenters. The van der Waals surface area contributed by atoms with Crippen molar-refractivity contribution in [2.75, 3.05) is 5.32 Å². The molecule has 0 bridgehead atoms. The SMILES string of the molecule is O=C(Nc1cccc(S(=O)(=O)C2CCCC2)c1)c1cc(Cl)ccc1-n1cnnn1. The zero-order chi connectivity index (χ0) is 20.4. The highest BCUT2D eigenvalue weighted by molar-refractivity contribution is 7.92. The van der Waals surface area contributed by atoms with Crippen LogP contribution in [0.3, 0.4) is 0 Å². The Morgan fingerprint density at radius 1 is 1.14 bits per heavy atom. The fourth-order valence-electron chi connectivity index (χ4n) is 3.50. The van der Waals surface area contributed by atoms with E-state index in [1.54, 1.807) is 30.3 Å². The molecular weight excluding hydrogens is 414 g/mol. The number of anilines is 1. The van der Waals surface area contributed by atoms with Crippen LogP contribution < -0.4 is 5.32 Å². The minimum atomic E-state index is -3.42. The Bertz CT molecular complexity index is 1140. The summed E-state index contributed by atoms with van der Waals surface area (Å²) in [6.07, 6.45) is 4.58. The highest BCUT2D eigenvalue weighted by Gasteiger charge is 2.30. The lowest BCUT2D eigenvalue weighted by Crippen LogP contribution is -2.19. The number of rotatable bonds is 5. The zero-order valence-corrected chi connectivity index (χ0v) is 16.9. The van der Waals surface area contributed by atoms with Crippen molar-refractivity contribution in [2.24, 2.45) is 0 Å². The van der Waals surface area contributed by atoms with Crippen LogP contribution in [0.15, 0.2) is 53.7 Å². The highest BCUT2D eigenvalue weighted by Crippen LogP contribution is 2.30. The van der Waals surface area contributed by atoms with Gasteiger partial charge in [-0.15, -0.1) is 5.10 Å². The number of aromatic nitrogens is 4. The molecule has 1 amide bonds. The average Bonchev–Trinajstić information content (AvgIpc) is 3.42. The predicted molar refractivity (Wildman–Crippen MR) is 108 cm³/mol. The molecule has 1 aliphatic carbocycles. The number of tetrazole rings is 1. The Balaban J connectivity index is 1.63. The van der Waals surface area contributed by atoms with Crippen LogP contribution in [0.5, 0.6) is 0 Å². The van der Waals surface area contributed by atoms with Crippen molar-refractivity contribution in [3.8, 4) is 5.69 Å². The van der Waals surface area contributed by atoms with Gasteiger partial charge in [0.15, 0.2) is 9.84 Å². The van der Waals surface area contributed by atoms with Gasteiger partial charge in [0.05, 0.1) is 21.4 Å². The van der Waals surface area contributed by atoms with Crippen molar-refractivity contribution >= 4 is 33.0 Å². The molecule has 8 nitrogen and oxygen atoms in total. The fourth-order valence-corrected chi connectivity index (χ4v) is 5.57. The number of nitrogens with zero attached hydrogens (tertiary/aromatic N) is 4. The predicted octanol–water partition coefficient (Wildman–Crippen LogP) is 3.28. The molecule has 0 spiro atoms. The maximum atomic E-state index is 12.9. The maximum Gasteiger partial charge on any atom is 0.257 e. The first kappa shape index (κ1) is 19.5. The average molecular weight is 432 g/mol. The summed E-state index contributed by atoms with van der Waals surface area (Å²) in [5.74, 6) is -0.451. The Morgan fingerprint density at radius 2 is 1.93 bits per heavy atom. The van der Waals surface area contributed by atoms with Crippen molar-refractivity contribution in [3.05, 3.63) is 59.4 Å². The van der Waals surface area contributed by atoms with Gasteiger partial charge in [0.1, 0.15) is 6.33 Å². The van der Waals surface area contributed by atoms with Crippen molar-refractivity contribution in [1.29, 1.82) is 0 Å². The third kappa shape index (κ3) is 4.01. The number of hydrogen-bond donors (Lipinski definition) is 1. The number of hydrogen-bond acceptors (Lipinski definition) is 6. The minimum Gasteiger partial charge on any atom is -0.322 e. The summed E-state index contributed by atoms with van der Waals surface area (Å²) in [4.78, 5) is 13.1. The maximum absolute atomic E-state index is 12.9. The lowest BCUT2D eigenvalue weighted by Gasteiger charge is -2.13. The zero-order valence-electron chi connectivity index (χ0n) is 15.3. The third-order valence-electron chi connectivity index (χ3n) is 4.96. The van der Waals surface area contributed by atoms with Crippen LogP contribution in [0.2, 0.25) is 5.02 Å². The van der Waals surface area contributed by atoms with Crippen LogP contribution in [-0.2, 0) is 9.84 Å². The first-order valence-electron chi connectivity index (χ1n) is 9.13. The number of benzene rings is 2. The second-order valence-electron chi connectivity index (χ2n) is 6.85. The van der Waals surface area contributed by atoms with Gasteiger partial charge in [0.2, 0.25) is 0 Å². The Kier molecular flexibility index (Phi) is 5.33. The van der Waals surface area contributed by atoms with Gasteiger partial charge in [0.25, 0.3) is 5.91 Å². The summed E-state index contributed by atoms with van der Waals surface area (Å²) in [5, 5.41) is 13.7. The monoisotopic (exact) mass is 431 g/mol. The van der Waals surface area contributed by atoms with Crippen LogP contribution >= 0.6 is 11.6 Å². The summed E-state index contributed by atoms with van der Waals surface area (Å²) >= 11 is 6.06. The quantitative estimate of drug-likeness (QED) is 0.664. The van der Waals surface area contributed by atoms with E-state index in [0.29, 0.717) is 29.2 Å². The molecule has 0 atom stereocenters. The van der Waals surface area contributed by atoms with Gasteiger partial charge in [-0.3, -0.25) is 4.79 Å². The van der Waals surface area contributed by atoms with Gasteiger partial charge in [-0.1, -0.05) is 30.5 Å². The van der Waals surface area contributed by atoms with Crippen LogP contribution in [-0.4, -0.2) is 39.8 Å². The minimum absolute atomic E-state index is 0.217. The largest absolute Gasteiger partial charge is 0.322 e. The van der Waals surface area contributed by atoms with Gasteiger partial charge in [-0.25, -0.2) is 8.42 Å². The van der Waals surface area contributed by atoms with E-state index in [4.69, 9.17) is 11.6 Å². The lowest BCUT2D eigenvalue weighted by molar-refractivity contribution is 0.102. The summed E-state index contributed by atoms with van der Waals surface area (Å²) in [7, 11) is -3.42. The first-order chi connectivity index (χ1) is 13.9. The van der Waals surface area contributed by atoms with Crippen molar-refractivity contribution in [2.45, 2.75) is 35.8 Å². The van der Waals surface area contributed by atoms with Crippen LogP contribution in [0, 0.1) is 0 Å². The molecule has 2 aromatic carbocycles. The van der Waals surface area contributed by atoms with Crippen LogP contribution in [0.4, 0.5) is 5.69 Å². The third-order valence-corrected chi connectivity index (χ3v) is 7.46. The van der Waals surface area contributed by atoms with Crippen molar-refractivity contribution in [1.82, 2.24) is 20.2 Å². The Hall–Kier alpha value is -2.78. The number of sulfone groups is 1. The van der Waals surface area contributed by atoms with Crippen molar-refractivity contribution in [3.63, 3.8) is 0 Å². The van der Waals surface area contributed by atoms with Gasteiger partial charge in [0, 0.05) is 10.7 Å². The molecule has 1 aliphatic rings. The molecule has 0 aliphatic heterocycles. The lowest BCUT2D eigenvalue weighted by atomic mass is 10.1. The molecule has 1 heterocycles. The molecule has 150 valence electrons. The number of carbonyl (C=O) groups excluding carboxylic acids is 1. The van der Waals surface area contributed by atoms with E-state index in [1.807, 2.05) is 0 Å². The van der Waals surface area contributed by atoms with Gasteiger partial charge in [-0.2, -0.15) is 4.68 Å². The van der Waals surface area contributed by atoms with E-state index < -0.39 is 15.7 Å². The second-order valence-corrected chi connectivity index (χ2v) is 9.51. The standard InChI is InChI=1S/C19H18ClN5O3S/c20-13-8-9-18(25-12-21-23-24-25)17(10-13)19(26)22-14-4-3-7-16(11-14)29(27,28)15-5-1-2-6-15/h3-4,7-12,15H,1-2,5-6H2,(H,22,26). The summed E-state index contributed by atoms with van der Waals surface area (Å²) < 4.78 is 27.0. The summed E-state index contributed by atoms with van der Waals surface area (Å²) in [6.45, 7) is 0. The van der Waals surface area contributed by atoms with Crippen LogP contribution in [0.25, 0.3) is 5.69 Å². The number of amides is 1. The number of carbonyl (C=O) groups is 1. The molecule has 3 aromatic rings. The van der Waals surface area contributed by atoms with Gasteiger partial charge < -0.3 is 5.32 Å². The highest BCUT2D eigenvalue weighted by atomic mass is 35.5. The first-order valence-corrected chi connectivity index (χ1v) is 11.1. The second kappa shape index (κ2) is 7.92. The molecule has 10 heteroatoms. The molecule has 1 fully saturated rings. The van der Waals surface area contributed by atoms with E-state index in [1.165, 1.54) is 23.1 Å². The van der Waals surface area contributed by atoms with Gasteiger partial charge in [-0.05, 0) is 59.7 Å². The number of halogens is 1. The van der Waals surface area contributed by atoms with E-state index in [9.17, 15) is 13.2 Å². The van der Waals surface area contributed by atoms with E-state index >= 15 is 0 Å². The Labute approximate surface area is 172 Å². The van der Waals surface area contributed by atoms with Crippen molar-refractivity contribution < 1.29 is 13.2 Å². The smallest absolute Gasteiger partial charge is 0.257 e. The Morgan fingerprint density at radius 3 is 2.66 bits per heavy atom. The van der Waals surface area contributed by atoms with E-state index in [-0.39, 0.29) is 15.7 Å². The topological polar surface area (TPSA) is 107 Å². The summed E-state index contributed by atoms with van der Waals surface area (Å²) in [5.41, 5.74) is 1.09. The molecule has 1 aromatic heterocycles.